The maximum Gasteiger partial charge on any atom is 0.175 e. The summed E-state index contributed by atoms with van der Waals surface area (Å²) in [4.78, 5) is 27.7. The summed E-state index contributed by atoms with van der Waals surface area (Å²) in [6.45, 7) is 5.63. The monoisotopic (exact) mass is 262 g/mol. The van der Waals surface area contributed by atoms with Crippen LogP contribution in [0.15, 0.2) is 16.3 Å². The van der Waals surface area contributed by atoms with Crippen LogP contribution in [0.4, 0.5) is 0 Å². The molecule has 2 rings (SSSR count). The Morgan fingerprint density at radius 1 is 1.47 bits per heavy atom. The molecular formula is C15H22N2O2. The van der Waals surface area contributed by atoms with Crippen LogP contribution in [0, 0.1) is 17.8 Å². The first kappa shape index (κ1) is 14.0. The van der Waals surface area contributed by atoms with E-state index in [-0.39, 0.29) is 24.0 Å². The summed E-state index contributed by atoms with van der Waals surface area (Å²) in [6, 6.07) is 0. The molecule has 2 aliphatic carbocycles. The van der Waals surface area contributed by atoms with Crippen molar-refractivity contribution in [3.05, 3.63) is 11.3 Å². The van der Waals surface area contributed by atoms with Gasteiger partial charge in [0.2, 0.25) is 0 Å². The van der Waals surface area contributed by atoms with E-state index >= 15 is 0 Å². The van der Waals surface area contributed by atoms with Crippen LogP contribution in [0.5, 0.6) is 0 Å². The summed E-state index contributed by atoms with van der Waals surface area (Å²) >= 11 is 0. The molecule has 3 atom stereocenters. The SMILES string of the molecule is CCC(C)C(=O)CN=C1CC2CC2/C1=C(/N)C(C)=O. The molecule has 104 valence electrons. The molecule has 0 aliphatic heterocycles. The number of aliphatic imine (C=N–C) groups is 1. The minimum Gasteiger partial charge on any atom is -0.396 e. The number of fused-ring (bicyclic) bond motifs is 1. The first-order valence-electron chi connectivity index (χ1n) is 7.02. The molecule has 0 radical (unpaired) electrons. The highest BCUT2D eigenvalue weighted by molar-refractivity contribution is 6.11. The molecule has 0 amide bonds. The largest absolute Gasteiger partial charge is 0.396 e. The quantitative estimate of drug-likeness (QED) is 0.769. The lowest BCUT2D eigenvalue weighted by atomic mass is 10.0. The van der Waals surface area contributed by atoms with E-state index in [0.29, 0.717) is 17.5 Å². The van der Waals surface area contributed by atoms with Gasteiger partial charge in [0, 0.05) is 24.1 Å². The zero-order valence-electron chi connectivity index (χ0n) is 11.9. The van der Waals surface area contributed by atoms with Gasteiger partial charge in [-0.1, -0.05) is 13.8 Å². The van der Waals surface area contributed by atoms with Gasteiger partial charge in [-0.3, -0.25) is 14.6 Å². The third-order valence-electron chi connectivity index (χ3n) is 4.32. The van der Waals surface area contributed by atoms with E-state index in [1.54, 1.807) is 0 Å². The van der Waals surface area contributed by atoms with Gasteiger partial charge >= 0.3 is 0 Å². The lowest BCUT2D eigenvalue weighted by molar-refractivity contribution is -0.121. The molecule has 0 bridgehead atoms. The number of hydrogen-bond donors (Lipinski definition) is 1. The molecule has 2 aliphatic rings. The average Bonchev–Trinajstić information content (AvgIpc) is 3.05. The normalized spacial score (nSPS) is 31.0. The van der Waals surface area contributed by atoms with Crippen LogP contribution in [0.2, 0.25) is 0 Å². The number of Topliss-reactive ketones (excluding diaryl/α,β-unsaturated/α-hetero) is 2. The zero-order valence-corrected chi connectivity index (χ0v) is 11.9. The molecule has 4 nitrogen and oxygen atoms in total. The van der Waals surface area contributed by atoms with Crippen molar-refractivity contribution in [3.63, 3.8) is 0 Å². The third kappa shape index (κ3) is 2.77. The fraction of sp³-hybridized carbons (Fsp3) is 0.667. The Labute approximate surface area is 114 Å². The lowest BCUT2D eigenvalue weighted by Crippen LogP contribution is -2.18. The van der Waals surface area contributed by atoms with E-state index in [0.717, 1.165) is 30.5 Å². The molecule has 0 aromatic rings. The molecule has 2 fully saturated rings. The highest BCUT2D eigenvalue weighted by Crippen LogP contribution is 2.54. The first-order chi connectivity index (χ1) is 8.95. The summed E-state index contributed by atoms with van der Waals surface area (Å²) in [6.07, 6.45) is 2.83. The van der Waals surface area contributed by atoms with Crippen LogP contribution in [-0.4, -0.2) is 23.8 Å². The Bertz CT molecular complexity index is 477. The molecule has 2 N–H and O–H groups in total. The smallest absolute Gasteiger partial charge is 0.175 e. The summed E-state index contributed by atoms with van der Waals surface area (Å²) in [5.41, 5.74) is 8.05. The van der Waals surface area contributed by atoms with E-state index in [1.165, 1.54) is 6.92 Å². The Morgan fingerprint density at radius 2 is 2.16 bits per heavy atom. The van der Waals surface area contributed by atoms with Crippen LogP contribution in [0.25, 0.3) is 0 Å². The van der Waals surface area contributed by atoms with E-state index in [4.69, 9.17) is 5.73 Å². The van der Waals surface area contributed by atoms with Crippen LogP contribution in [-0.2, 0) is 9.59 Å². The number of rotatable bonds is 5. The second-order valence-electron chi connectivity index (χ2n) is 5.73. The molecule has 0 aromatic heterocycles. The summed E-state index contributed by atoms with van der Waals surface area (Å²) in [5, 5.41) is 0. The summed E-state index contributed by atoms with van der Waals surface area (Å²) in [5.74, 6) is 1.14. The van der Waals surface area contributed by atoms with Crippen molar-refractivity contribution < 1.29 is 9.59 Å². The highest BCUT2D eigenvalue weighted by atomic mass is 16.1. The van der Waals surface area contributed by atoms with Crippen molar-refractivity contribution >= 4 is 17.3 Å². The van der Waals surface area contributed by atoms with Crippen molar-refractivity contribution in [3.8, 4) is 0 Å². The Balaban J connectivity index is 2.14. The van der Waals surface area contributed by atoms with Crippen LogP contribution < -0.4 is 5.73 Å². The number of allylic oxidation sites excluding steroid dienone is 2. The fourth-order valence-electron chi connectivity index (χ4n) is 2.65. The number of hydrogen-bond acceptors (Lipinski definition) is 4. The topological polar surface area (TPSA) is 72.5 Å². The van der Waals surface area contributed by atoms with Crippen molar-refractivity contribution in [1.29, 1.82) is 0 Å². The number of ketones is 2. The maximum absolute atomic E-state index is 11.8. The summed E-state index contributed by atoms with van der Waals surface area (Å²) < 4.78 is 0. The van der Waals surface area contributed by atoms with Crippen molar-refractivity contribution in [1.82, 2.24) is 0 Å². The molecule has 0 aromatic carbocycles. The highest BCUT2D eigenvalue weighted by Gasteiger charge is 2.49. The van der Waals surface area contributed by atoms with Gasteiger partial charge in [-0.2, -0.15) is 0 Å². The van der Waals surface area contributed by atoms with Gasteiger partial charge in [-0.25, -0.2) is 0 Å². The molecule has 3 unspecified atom stereocenters. The van der Waals surface area contributed by atoms with Crippen LogP contribution >= 0.6 is 0 Å². The van der Waals surface area contributed by atoms with Crippen molar-refractivity contribution in [2.45, 2.75) is 40.0 Å². The van der Waals surface area contributed by atoms with E-state index < -0.39 is 0 Å². The number of nitrogens with two attached hydrogens (primary N) is 1. The van der Waals surface area contributed by atoms with Gasteiger partial charge < -0.3 is 5.73 Å². The average molecular weight is 262 g/mol. The Morgan fingerprint density at radius 3 is 2.74 bits per heavy atom. The number of nitrogens with zero attached hydrogens (tertiary/aromatic N) is 1. The molecule has 0 saturated heterocycles. The van der Waals surface area contributed by atoms with Crippen LogP contribution in [0.1, 0.15) is 40.0 Å². The predicted molar refractivity (Wildman–Crippen MR) is 74.9 cm³/mol. The molecule has 0 spiro atoms. The fourth-order valence-corrected chi connectivity index (χ4v) is 2.65. The Kier molecular flexibility index (Phi) is 3.88. The van der Waals surface area contributed by atoms with Gasteiger partial charge in [0.25, 0.3) is 0 Å². The minimum atomic E-state index is -0.0940. The molecular weight excluding hydrogens is 240 g/mol. The molecule has 2 saturated carbocycles. The van der Waals surface area contributed by atoms with Crippen molar-refractivity contribution in [2.24, 2.45) is 28.5 Å². The second-order valence-corrected chi connectivity index (χ2v) is 5.73. The van der Waals surface area contributed by atoms with Gasteiger partial charge in [0.1, 0.15) is 0 Å². The van der Waals surface area contributed by atoms with Gasteiger partial charge in [0.15, 0.2) is 11.6 Å². The van der Waals surface area contributed by atoms with E-state index in [9.17, 15) is 9.59 Å². The van der Waals surface area contributed by atoms with Gasteiger partial charge in [0.05, 0.1) is 12.2 Å². The lowest BCUT2D eigenvalue weighted by Gasteiger charge is -2.09. The predicted octanol–water partition coefficient (Wildman–Crippen LogP) is 1.88. The molecule has 19 heavy (non-hydrogen) atoms. The minimum absolute atomic E-state index is 0.0536. The number of carbonyl (C=O) groups is 2. The zero-order chi connectivity index (χ0) is 14.2. The van der Waals surface area contributed by atoms with Gasteiger partial charge in [-0.05, 0) is 31.1 Å². The van der Waals surface area contributed by atoms with Crippen LogP contribution in [0.3, 0.4) is 0 Å². The van der Waals surface area contributed by atoms with Crippen molar-refractivity contribution in [2.75, 3.05) is 6.54 Å². The van der Waals surface area contributed by atoms with E-state index in [1.807, 2.05) is 13.8 Å². The third-order valence-corrected chi connectivity index (χ3v) is 4.32. The summed E-state index contributed by atoms with van der Waals surface area (Å²) in [7, 11) is 0. The molecule has 4 heteroatoms. The van der Waals surface area contributed by atoms with Gasteiger partial charge in [-0.15, -0.1) is 0 Å². The maximum atomic E-state index is 11.8. The standard InChI is InChI=1S/C15H22N2O2/c1-4-8(2)13(19)7-17-12-6-10-5-11(10)14(12)15(16)9(3)18/h8,10-11H,4-7,16H2,1-3H3/b15-14-,17-12?. The second kappa shape index (κ2) is 5.27. The first-order valence-corrected chi connectivity index (χ1v) is 7.02. The molecule has 0 heterocycles. The number of carbonyl (C=O) groups excluding carboxylic acids is 2. The van der Waals surface area contributed by atoms with E-state index in [2.05, 4.69) is 4.99 Å². The Hall–Kier alpha value is -1.45.